The van der Waals surface area contributed by atoms with Crippen LogP contribution in [0.4, 0.5) is 11.4 Å². The van der Waals surface area contributed by atoms with Gasteiger partial charge in [-0.1, -0.05) is 0 Å². The number of benzene rings is 3. The number of thiocarbonyl (C=S) groups is 1. The van der Waals surface area contributed by atoms with E-state index in [4.69, 9.17) is 12.2 Å². The van der Waals surface area contributed by atoms with Gasteiger partial charge >= 0.3 is 166 Å². The number of hydrazine groups is 1. The van der Waals surface area contributed by atoms with Gasteiger partial charge in [-0.05, 0) is 0 Å². The van der Waals surface area contributed by atoms with E-state index in [1.165, 1.54) is 3.07 Å². The Morgan fingerprint density at radius 1 is 0.800 bits per heavy atom. The molecule has 0 saturated carbocycles. The maximum absolute atomic E-state index is 5.37. The van der Waals surface area contributed by atoms with Crippen LogP contribution in [0.25, 0.3) is 0 Å². The summed E-state index contributed by atoms with van der Waals surface area (Å²) in [6.45, 7) is 0. The third-order valence-corrected chi connectivity index (χ3v) is 10.2. The van der Waals surface area contributed by atoms with Crippen LogP contribution in [0.3, 0.4) is 0 Å². The third-order valence-electron chi connectivity index (χ3n) is 3.49. The molecule has 0 aromatic heterocycles. The van der Waals surface area contributed by atoms with Gasteiger partial charge < -0.3 is 0 Å². The SMILES string of the molecule is S=C(N=Nc1ccccc1)N[N]([Hg][c]1ccccc1)c1ccccc1. The number of anilines is 1. The Kier molecular flexibility index (Phi) is 6.65. The second-order valence-electron chi connectivity index (χ2n) is 5.36. The average Bonchev–Trinajstić information content (AvgIpc) is 2.68. The van der Waals surface area contributed by atoms with Gasteiger partial charge in [-0.3, -0.25) is 0 Å². The zero-order chi connectivity index (χ0) is 17.3. The van der Waals surface area contributed by atoms with Crippen molar-refractivity contribution in [2.24, 2.45) is 10.2 Å². The summed E-state index contributed by atoms with van der Waals surface area (Å²) in [5.74, 6) is 0. The Morgan fingerprint density at radius 2 is 1.36 bits per heavy atom. The van der Waals surface area contributed by atoms with Crippen LogP contribution in [-0.2, 0) is 24.9 Å². The van der Waals surface area contributed by atoms with Gasteiger partial charge in [0, 0.05) is 0 Å². The Labute approximate surface area is 165 Å². The van der Waals surface area contributed by atoms with E-state index >= 15 is 0 Å². The monoisotopic (exact) mass is 534 g/mol. The predicted octanol–water partition coefficient (Wildman–Crippen LogP) is 4.39. The van der Waals surface area contributed by atoms with Crippen molar-refractivity contribution < 1.29 is 24.9 Å². The summed E-state index contributed by atoms with van der Waals surface area (Å²) in [5, 5.41) is 8.68. The van der Waals surface area contributed by atoms with Gasteiger partial charge in [0.15, 0.2) is 0 Å². The molecule has 0 unspecified atom stereocenters. The molecule has 1 N–H and O–H groups in total. The van der Waals surface area contributed by atoms with Crippen molar-refractivity contribution in [3.63, 3.8) is 0 Å². The minimum absolute atomic E-state index is 0.364. The number of hydrogen-bond donors (Lipinski definition) is 1. The van der Waals surface area contributed by atoms with Crippen molar-refractivity contribution in [3.8, 4) is 0 Å². The topological polar surface area (TPSA) is 40.0 Å². The van der Waals surface area contributed by atoms with Gasteiger partial charge in [-0.15, -0.1) is 0 Å². The van der Waals surface area contributed by atoms with Crippen molar-refractivity contribution >= 4 is 31.8 Å². The van der Waals surface area contributed by atoms with Gasteiger partial charge in [0.1, 0.15) is 0 Å². The van der Waals surface area contributed by atoms with Crippen LogP contribution in [0.2, 0.25) is 0 Å². The van der Waals surface area contributed by atoms with E-state index in [2.05, 4.69) is 54.8 Å². The van der Waals surface area contributed by atoms with E-state index in [9.17, 15) is 0 Å². The molecule has 0 bridgehead atoms. The first-order valence-electron chi connectivity index (χ1n) is 7.95. The third kappa shape index (κ3) is 5.72. The molecule has 0 spiro atoms. The molecule has 0 aliphatic heterocycles. The van der Waals surface area contributed by atoms with E-state index in [1.54, 1.807) is 0 Å². The normalized spacial score (nSPS) is 10.2. The van der Waals surface area contributed by atoms with Gasteiger partial charge in [0.2, 0.25) is 0 Å². The molecule has 0 radical (unpaired) electrons. The zero-order valence-electron chi connectivity index (χ0n) is 13.6. The molecule has 3 aromatic carbocycles. The molecule has 4 nitrogen and oxygen atoms in total. The van der Waals surface area contributed by atoms with Crippen LogP contribution in [0.15, 0.2) is 101 Å². The molecule has 3 rings (SSSR count). The van der Waals surface area contributed by atoms with E-state index in [1.807, 2.05) is 54.6 Å². The van der Waals surface area contributed by atoms with Crippen LogP contribution < -0.4 is 11.3 Å². The molecule has 25 heavy (non-hydrogen) atoms. The van der Waals surface area contributed by atoms with Crippen LogP contribution in [0, 0.1) is 0 Å². The first kappa shape index (κ1) is 17.7. The van der Waals surface area contributed by atoms with Crippen LogP contribution in [-0.4, -0.2) is 5.11 Å². The van der Waals surface area contributed by atoms with Crippen molar-refractivity contribution in [2.75, 3.05) is 2.77 Å². The molecule has 120 valence electrons. The van der Waals surface area contributed by atoms with E-state index in [0.717, 1.165) is 11.4 Å². The number of nitrogens with zero attached hydrogens (tertiary/aromatic N) is 3. The standard InChI is InChI=1S/C13H12N4S.C6H5.Hg/c18-13(16-14-11-7-3-1-4-8-11)17-15-12-9-5-2-6-10-12;1-2-4-6-5-3-1;/h1-10H,(H2,14,15,16,17,18);1-5H;/q;;+1/p-1. The van der Waals surface area contributed by atoms with Crippen molar-refractivity contribution in [1.82, 2.24) is 5.43 Å². The predicted molar refractivity (Wildman–Crippen MR) is 102 cm³/mol. The number of hydrogen-bond acceptors (Lipinski definition) is 3. The van der Waals surface area contributed by atoms with Crippen LogP contribution >= 0.6 is 12.2 Å². The number of nitrogens with one attached hydrogen (secondary N) is 1. The van der Waals surface area contributed by atoms with Gasteiger partial charge in [-0.25, -0.2) is 0 Å². The summed E-state index contributed by atoms with van der Waals surface area (Å²) in [6, 6.07) is 30.3. The summed E-state index contributed by atoms with van der Waals surface area (Å²) in [5.41, 5.74) is 5.14. The Morgan fingerprint density at radius 3 is 2.00 bits per heavy atom. The fourth-order valence-electron chi connectivity index (χ4n) is 2.30. The summed E-state index contributed by atoms with van der Waals surface area (Å²) in [4.78, 5) is 0. The first-order valence-corrected chi connectivity index (χ1v) is 13.6. The van der Waals surface area contributed by atoms with Crippen LogP contribution in [0.5, 0.6) is 0 Å². The second-order valence-corrected chi connectivity index (χ2v) is 12.6. The van der Waals surface area contributed by atoms with Crippen LogP contribution in [0.1, 0.15) is 0 Å². The molecule has 0 saturated heterocycles. The van der Waals surface area contributed by atoms with Crippen molar-refractivity contribution in [1.29, 1.82) is 0 Å². The van der Waals surface area contributed by atoms with E-state index < -0.39 is 24.9 Å². The first-order chi connectivity index (χ1) is 12.3. The Bertz CT molecular complexity index is 826. The quantitative estimate of drug-likeness (QED) is 0.229. The van der Waals surface area contributed by atoms with Crippen molar-refractivity contribution in [2.45, 2.75) is 0 Å². The maximum atomic E-state index is 5.37. The average molecular weight is 533 g/mol. The zero-order valence-corrected chi connectivity index (χ0v) is 19.9. The molecule has 0 fully saturated rings. The van der Waals surface area contributed by atoms with Gasteiger partial charge in [-0.2, -0.15) is 0 Å². The number of azo groups is 1. The van der Waals surface area contributed by atoms with Gasteiger partial charge in [0.05, 0.1) is 0 Å². The molecule has 6 heteroatoms. The summed E-state index contributed by atoms with van der Waals surface area (Å²) in [6.07, 6.45) is 0. The van der Waals surface area contributed by atoms with Gasteiger partial charge in [0.25, 0.3) is 0 Å². The van der Waals surface area contributed by atoms with E-state index in [0.29, 0.717) is 5.11 Å². The molecule has 0 heterocycles. The fourth-order valence-corrected chi connectivity index (χ4v) is 8.62. The molecule has 0 aliphatic rings. The number of para-hydroxylation sites is 1. The molecule has 3 aromatic rings. The summed E-state index contributed by atoms with van der Waals surface area (Å²) in [7, 11) is 0. The molecular formula is C19H16HgN4S. The number of rotatable bonds is 5. The van der Waals surface area contributed by atoms with Crippen molar-refractivity contribution in [3.05, 3.63) is 91.0 Å². The molecule has 0 aliphatic carbocycles. The molecule has 0 atom stereocenters. The summed E-state index contributed by atoms with van der Waals surface area (Å²) >= 11 is 3.72. The Hall–Kier alpha value is -2.11. The van der Waals surface area contributed by atoms with E-state index in [-0.39, 0.29) is 0 Å². The minimum atomic E-state index is -1.65. The molecular weight excluding hydrogens is 517 g/mol. The summed E-state index contributed by atoms with van der Waals surface area (Å²) < 4.78 is 3.57. The second kappa shape index (κ2) is 9.39. The Balaban J connectivity index is 1.73. The fraction of sp³-hybridized carbons (Fsp3) is 0. The molecule has 0 amide bonds.